The molecule has 1 fully saturated rings. The van der Waals surface area contributed by atoms with Crippen LogP contribution in [0.4, 0.5) is 0 Å². The molecule has 6 nitrogen and oxygen atoms in total. The summed E-state index contributed by atoms with van der Waals surface area (Å²) < 4.78 is 1.70. The Labute approximate surface area is 124 Å². The molecule has 1 amide bonds. The maximum Gasteiger partial charge on any atom is 0.307 e. The highest BCUT2D eigenvalue weighted by Crippen LogP contribution is 2.37. The van der Waals surface area contributed by atoms with Crippen molar-refractivity contribution in [1.29, 1.82) is 0 Å². The quantitative estimate of drug-likeness (QED) is 0.885. The van der Waals surface area contributed by atoms with Gasteiger partial charge in [-0.2, -0.15) is 5.10 Å². The number of aryl methyl sites for hydroxylation is 1. The molecule has 3 atom stereocenters. The van der Waals surface area contributed by atoms with Crippen LogP contribution in [0.15, 0.2) is 12.4 Å². The third-order valence-corrected chi connectivity index (χ3v) is 4.14. The fourth-order valence-electron chi connectivity index (χ4n) is 2.75. The van der Waals surface area contributed by atoms with Crippen LogP contribution in [0.1, 0.15) is 45.2 Å². The van der Waals surface area contributed by atoms with Crippen molar-refractivity contribution < 1.29 is 14.7 Å². The number of hydrogen-bond donors (Lipinski definition) is 2. The fourth-order valence-corrected chi connectivity index (χ4v) is 2.75. The van der Waals surface area contributed by atoms with Gasteiger partial charge in [0.15, 0.2) is 0 Å². The fraction of sp³-hybridized carbons (Fsp3) is 0.667. The van der Waals surface area contributed by atoms with Crippen molar-refractivity contribution >= 4 is 11.9 Å². The Morgan fingerprint density at radius 1 is 1.38 bits per heavy atom. The van der Waals surface area contributed by atoms with Crippen LogP contribution < -0.4 is 5.32 Å². The SMILES string of the molecule is Cn1cc(C(NC(=O)C2CCC2C(=O)O)C(C)(C)C)cn1. The smallest absolute Gasteiger partial charge is 0.307 e. The van der Waals surface area contributed by atoms with Crippen molar-refractivity contribution in [2.24, 2.45) is 24.3 Å². The molecule has 1 aromatic rings. The first-order valence-corrected chi connectivity index (χ1v) is 7.22. The molecule has 1 aromatic heterocycles. The highest BCUT2D eigenvalue weighted by Gasteiger charge is 2.43. The van der Waals surface area contributed by atoms with Crippen molar-refractivity contribution in [2.75, 3.05) is 0 Å². The van der Waals surface area contributed by atoms with Crippen molar-refractivity contribution in [3.63, 3.8) is 0 Å². The van der Waals surface area contributed by atoms with E-state index in [1.54, 1.807) is 10.9 Å². The van der Waals surface area contributed by atoms with Gasteiger partial charge in [0.2, 0.25) is 5.91 Å². The van der Waals surface area contributed by atoms with Gasteiger partial charge in [0.25, 0.3) is 0 Å². The lowest BCUT2D eigenvalue weighted by Gasteiger charge is -2.36. The summed E-state index contributed by atoms with van der Waals surface area (Å²) in [6, 6.07) is -0.186. The summed E-state index contributed by atoms with van der Waals surface area (Å²) >= 11 is 0. The van der Waals surface area contributed by atoms with Gasteiger partial charge in [-0.3, -0.25) is 14.3 Å². The number of carboxylic acid groups (broad SMARTS) is 1. The van der Waals surface area contributed by atoms with E-state index >= 15 is 0 Å². The third-order valence-electron chi connectivity index (χ3n) is 4.14. The summed E-state index contributed by atoms with van der Waals surface area (Å²) in [5, 5.41) is 16.2. The van der Waals surface area contributed by atoms with Crippen LogP contribution in [-0.4, -0.2) is 26.8 Å². The predicted octanol–water partition coefficient (Wildman–Crippen LogP) is 1.73. The van der Waals surface area contributed by atoms with Gasteiger partial charge in [-0.05, 0) is 18.3 Å². The van der Waals surface area contributed by atoms with Gasteiger partial charge in [-0.25, -0.2) is 0 Å². The van der Waals surface area contributed by atoms with E-state index in [-0.39, 0.29) is 17.4 Å². The average Bonchev–Trinajstić information content (AvgIpc) is 2.68. The summed E-state index contributed by atoms with van der Waals surface area (Å²) in [6.45, 7) is 6.13. The Morgan fingerprint density at radius 2 is 2.00 bits per heavy atom. The van der Waals surface area contributed by atoms with Gasteiger partial charge in [-0.15, -0.1) is 0 Å². The number of carbonyl (C=O) groups is 2. The molecule has 0 aromatic carbocycles. The molecule has 1 aliphatic rings. The molecular weight excluding hydrogens is 270 g/mol. The first-order valence-electron chi connectivity index (χ1n) is 7.22. The monoisotopic (exact) mass is 293 g/mol. The number of hydrogen-bond acceptors (Lipinski definition) is 3. The number of rotatable bonds is 4. The Morgan fingerprint density at radius 3 is 2.38 bits per heavy atom. The van der Waals surface area contributed by atoms with Gasteiger partial charge in [0.05, 0.1) is 24.1 Å². The average molecular weight is 293 g/mol. The zero-order valence-electron chi connectivity index (χ0n) is 13.0. The molecule has 0 bridgehead atoms. The van der Waals surface area contributed by atoms with Gasteiger partial charge in [0.1, 0.15) is 0 Å². The summed E-state index contributed by atoms with van der Waals surface area (Å²) in [5.41, 5.74) is 0.755. The highest BCUT2D eigenvalue weighted by atomic mass is 16.4. The van der Waals surface area contributed by atoms with Gasteiger partial charge in [-0.1, -0.05) is 20.8 Å². The molecule has 0 spiro atoms. The number of nitrogens with zero attached hydrogens (tertiary/aromatic N) is 2. The number of amides is 1. The van der Waals surface area contributed by atoms with E-state index in [1.807, 2.05) is 34.0 Å². The number of aliphatic carboxylic acids is 1. The highest BCUT2D eigenvalue weighted by molar-refractivity contribution is 5.86. The van der Waals surface area contributed by atoms with E-state index < -0.39 is 17.8 Å². The van der Waals surface area contributed by atoms with Crippen LogP contribution in [0, 0.1) is 17.3 Å². The van der Waals surface area contributed by atoms with Crippen molar-refractivity contribution in [1.82, 2.24) is 15.1 Å². The lowest BCUT2D eigenvalue weighted by Crippen LogP contribution is -2.47. The summed E-state index contributed by atoms with van der Waals surface area (Å²) in [5.74, 6) is -2.00. The molecule has 1 heterocycles. The molecule has 0 saturated heterocycles. The molecular formula is C15H23N3O3. The number of nitrogens with one attached hydrogen (secondary N) is 1. The minimum atomic E-state index is -0.880. The number of carboxylic acids is 1. The zero-order valence-corrected chi connectivity index (χ0v) is 13.0. The van der Waals surface area contributed by atoms with E-state index in [4.69, 9.17) is 5.11 Å². The van der Waals surface area contributed by atoms with Crippen LogP contribution in [0.5, 0.6) is 0 Å². The first kappa shape index (κ1) is 15.5. The molecule has 0 radical (unpaired) electrons. The van der Waals surface area contributed by atoms with Crippen LogP contribution in [0.25, 0.3) is 0 Å². The minimum Gasteiger partial charge on any atom is -0.481 e. The molecule has 3 unspecified atom stereocenters. The third kappa shape index (κ3) is 3.25. The summed E-state index contributed by atoms with van der Waals surface area (Å²) in [6.07, 6.45) is 4.85. The Bertz CT molecular complexity index is 545. The Hall–Kier alpha value is -1.85. The predicted molar refractivity (Wildman–Crippen MR) is 77.4 cm³/mol. The molecule has 1 saturated carbocycles. The Balaban J connectivity index is 2.13. The molecule has 116 valence electrons. The minimum absolute atomic E-state index is 0.169. The topological polar surface area (TPSA) is 84.2 Å². The van der Waals surface area contributed by atoms with Gasteiger partial charge in [0, 0.05) is 18.8 Å². The van der Waals surface area contributed by atoms with Crippen LogP contribution in [0.2, 0.25) is 0 Å². The first-order chi connectivity index (χ1) is 9.70. The number of carbonyl (C=O) groups excluding carboxylic acids is 1. The molecule has 0 aliphatic heterocycles. The molecule has 2 N–H and O–H groups in total. The Kier molecular flexibility index (Phi) is 4.07. The lowest BCUT2D eigenvalue weighted by atomic mass is 9.72. The maximum absolute atomic E-state index is 12.4. The van der Waals surface area contributed by atoms with Crippen molar-refractivity contribution in [2.45, 2.75) is 39.7 Å². The largest absolute Gasteiger partial charge is 0.481 e. The molecule has 1 aliphatic carbocycles. The van der Waals surface area contributed by atoms with Crippen molar-refractivity contribution in [3.8, 4) is 0 Å². The van der Waals surface area contributed by atoms with Crippen LogP contribution in [-0.2, 0) is 16.6 Å². The van der Waals surface area contributed by atoms with E-state index in [2.05, 4.69) is 10.4 Å². The molecule has 2 rings (SSSR count). The van der Waals surface area contributed by atoms with E-state index in [0.29, 0.717) is 12.8 Å². The lowest BCUT2D eigenvalue weighted by molar-refractivity contribution is -0.153. The van der Waals surface area contributed by atoms with E-state index in [9.17, 15) is 9.59 Å². The number of aromatic nitrogens is 2. The van der Waals surface area contributed by atoms with Crippen molar-refractivity contribution in [3.05, 3.63) is 18.0 Å². The second-order valence-corrected chi connectivity index (χ2v) is 6.88. The van der Waals surface area contributed by atoms with E-state index in [0.717, 1.165) is 5.56 Å². The normalized spacial score (nSPS) is 23.2. The van der Waals surface area contributed by atoms with E-state index in [1.165, 1.54) is 0 Å². The summed E-state index contributed by atoms with van der Waals surface area (Å²) in [7, 11) is 1.83. The maximum atomic E-state index is 12.4. The molecule has 6 heteroatoms. The zero-order chi connectivity index (χ0) is 15.8. The van der Waals surface area contributed by atoms with Crippen LogP contribution >= 0.6 is 0 Å². The van der Waals surface area contributed by atoms with Gasteiger partial charge >= 0.3 is 5.97 Å². The van der Waals surface area contributed by atoms with Gasteiger partial charge < -0.3 is 10.4 Å². The summed E-state index contributed by atoms with van der Waals surface area (Å²) in [4.78, 5) is 23.4. The second-order valence-electron chi connectivity index (χ2n) is 6.88. The second kappa shape index (κ2) is 5.50. The van der Waals surface area contributed by atoms with Crippen LogP contribution in [0.3, 0.4) is 0 Å². The molecule has 21 heavy (non-hydrogen) atoms. The standard InChI is InChI=1S/C15H23N3O3/c1-15(2,3)12(9-7-16-18(4)8-9)17-13(19)10-5-6-11(10)14(20)21/h7-8,10-12H,5-6H2,1-4H3,(H,17,19)(H,20,21).